The summed E-state index contributed by atoms with van der Waals surface area (Å²) in [5.74, 6) is 1.80. The van der Waals surface area contributed by atoms with Gasteiger partial charge in [0.15, 0.2) is 0 Å². The Balaban J connectivity index is 1.64. The molecule has 3 rings (SSSR count). The number of pyridine rings is 1. The Morgan fingerprint density at radius 2 is 1.70 bits per heavy atom. The van der Waals surface area contributed by atoms with Crippen LogP contribution in [-0.4, -0.2) is 11.1 Å². The van der Waals surface area contributed by atoms with E-state index in [1.54, 1.807) is 6.20 Å². The maximum atomic E-state index is 6.26. The lowest BCUT2D eigenvalue weighted by atomic mass is 9.72. The molecule has 0 aliphatic heterocycles. The number of ether oxygens (including phenoxy) is 1. The molecule has 2 aromatic rings. The maximum Gasteiger partial charge on any atom is 0.120 e. The number of benzene rings is 1. The molecule has 0 bridgehead atoms. The lowest BCUT2D eigenvalue weighted by Gasteiger charge is -2.37. The highest BCUT2D eigenvalue weighted by Crippen LogP contribution is 2.39. The van der Waals surface area contributed by atoms with Gasteiger partial charge in [-0.1, -0.05) is 39.0 Å². The van der Waals surface area contributed by atoms with E-state index in [1.807, 2.05) is 12.3 Å². The molecule has 0 atom stereocenters. The van der Waals surface area contributed by atoms with Gasteiger partial charge in [-0.3, -0.25) is 4.98 Å². The van der Waals surface area contributed by atoms with Gasteiger partial charge < -0.3 is 4.74 Å². The first kappa shape index (κ1) is 16.0. The van der Waals surface area contributed by atoms with Crippen molar-refractivity contribution in [2.24, 2.45) is 11.3 Å². The maximum absolute atomic E-state index is 6.26. The Morgan fingerprint density at radius 1 is 0.957 bits per heavy atom. The average Bonchev–Trinajstić information content (AvgIpc) is 2.56. The number of hydrogen-bond acceptors (Lipinski definition) is 2. The molecule has 0 spiro atoms. The molecule has 1 saturated carbocycles. The highest BCUT2D eigenvalue weighted by Gasteiger charge is 2.30. The summed E-state index contributed by atoms with van der Waals surface area (Å²) >= 11 is 0. The van der Waals surface area contributed by atoms with Crippen molar-refractivity contribution in [2.45, 2.75) is 52.6 Å². The van der Waals surface area contributed by atoms with Crippen molar-refractivity contribution < 1.29 is 4.74 Å². The number of aromatic nitrogens is 1. The molecule has 122 valence electrons. The molecule has 1 aliphatic carbocycles. The van der Waals surface area contributed by atoms with Crippen LogP contribution in [-0.2, 0) is 0 Å². The predicted molar refractivity (Wildman–Crippen MR) is 95.5 cm³/mol. The topological polar surface area (TPSA) is 22.1 Å². The molecular formula is C21H27NO. The fourth-order valence-electron chi connectivity index (χ4n) is 3.52. The SMILES string of the molecule is CC(C)(C)C1CCC(Oc2cccc(-c3cccnc3)c2)CC1. The van der Waals surface area contributed by atoms with Crippen molar-refractivity contribution in [3.8, 4) is 16.9 Å². The van der Waals surface area contributed by atoms with Gasteiger partial charge in [0.05, 0.1) is 6.10 Å². The normalized spacial score (nSPS) is 21.9. The fourth-order valence-corrected chi connectivity index (χ4v) is 3.52. The van der Waals surface area contributed by atoms with E-state index in [9.17, 15) is 0 Å². The summed E-state index contributed by atoms with van der Waals surface area (Å²) in [5, 5.41) is 0. The van der Waals surface area contributed by atoms with Gasteiger partial charge in [-0.15, -0.1) is 0 Å². The minimum absolute atomic E-state index is 0.359. The Bertz CT molecular complexity index is 622. The van der Waals surface area contributed by atoms with Gasteiger partial charge in [0.1, 0.15) is 5.75 Å². The number of nitrogens with zero attached hydrogens (tertiary/aromatic N) is 1. The first-order chi connectivity index (χ1) is 11.0. The van der Waals surface area contributed by atoms with E-state index < -0.39 is 0 Å². The van der Waals surface area contributed by atoms with Crippen LogP contribution < -0.4 is 4.74 Å². The molecule has 1 aromatic heterocycles. The van der Waals surface area contributed by atoms with Crippen LogP contribution in [0.15, 0.2) is 48.8 Å². The number of hydrogen-bond donors (Lipinski definition) is 0. The standard InChI is InChI=1S/C21H27NO/c1-21(2,3)18-9-11-19(12-10-18)23-20-8-4-6-16(14-20)17-7-5-13-22-15-17/h4-8,13-15,18-19H,9-12H2,1-3H3. The second kappa shape index (κ2) is 6.74. The highest BCUT2D eigenvalue weighted by molar-refractivity contribution is 5.63. The largest absolute Gasteiger partial charge is 0.490 e. The molecule has 1 fully saturated rings. The summed E-state index contributed by atoms with van der Waals surface area (Å²) in [4.78, 5) is 4.20. The van der Waals surface area contributed by atoms with Gasteiger partial charge in [-0.2, -0.15) is 0 Å². The van der Waals surface area contributed by atoms with E-state index in [0.29, 0.717) is 11.5 Å². The first-order valence-electron chi connectivity index (χ1n) is 8.69. The van der Waals surface area contributed by atoms with E-state index in [4.69, 9.17) is 4.74 Å². The fraction of sp³-hybridized carbons (Fsp3) is 0.476. The first-order valence-corrected chi connectivity index (χ1v) is 8.69. The van der Waals surface area contributed by atoms with Crippen molar-refractivity contribution in [1.29, 1.82) is 0 Å². The van der Waals surface area contributed by atoms with E-state index in [-0.39, 0.29) is 0 Å². The van der Waals surface area contributed by atoms with Gasteiger partial charge >= 0.3 is 0 Å². The number of rotatable bonds is 3. The van der Waals surface area contributed by atoms with Crippen molar-refractivity contribution in [3.05, 3.63) is 48.8 Å². The van der Waals surface area contributed by atoms with Crippen molar-refractivity contribution in [1.82, 2.24) is 4.98 Å². The van der Waals surface area contributed by atoms with E-state index in [0.717, 1.165) is 17.2 Å². The molecular weight excluding hydrogens is 282 g/mol. The molecule has 0 unspecified atom stereocenters. The van der Waals surface area contributed by atoms with Crippen LogP contribution in [0.5, 0.6) is 5.75 Å². The molecule has 2 nitrogen and oxygen atoms in total. The molecule has 0 saturated heterocycles. The lowest BCUT2D eigenvalue weighted by molar-refractivity contribution is 0.0882. The van der Waals surface area contributed by atoms with Gasteiger partial charge in [0.2, 0.25) is 0 Å². The molecule has 2 heteroatoms. The van der Waals surface area contributed by atoms with E-state index in [2.05, 4.69) is 56.1 Å². The molecule has 23 heavy (non-hydrogen) atoms. The Morgan fingerprint density at radius 3 is 2.35 bits per heavy atom. The summed E-state index contributed by atoms with van der Waals surface area (Å²) in [5.41, 5.74) is 2.72. The molecule has 0 amide bonds. The third-order valence-corrected chi connectivity index (χ3v) is 5.03. The zero-order chi connectivity index (χ0) is 16.3. The van der Waals surface area contributed by atoms with E-state index >= 15 is 0 Å². The minimum atomic E-state index is 0.359. The van der Waals surface area contributed by atoms with Crippen molar-refractivity contribution >= 4 is 0 Å². The van der Waals surface area contributed by atoms with Gasteiger partial charge in [0.25, 0.3) is 0 Å². The Hall–Kier alpha value is -1.83. The second-order valence-electron chi connectivity index (χ2n) is 7.73. The Kier molecular flexibility index (Phi) is 4.70. The van der Waals surface area contributed by atoms with Gasteiger partial charge in [-0.25, -0.2) is 0 Å². The molecule has 1 aromatic carbocycles. The highest BCUT2D eigenvalue weighted by atomic mass is 16.5. The summed E-state index contributed by atoms with van der Waals surface area (Å²) < 4.78 is 6.26. The van der Waals surface area contributed by atoms with Crippen LogP contribution in [0.4, 0.5) is 0 Å². The average molecular weight is 309 g/mol. The van der Waals surface area contributed by atoms with Crippen LogP contribution in [0.2, 0.25) is 0 Å². The van der Waals surface area contributed by atoms with Gasteiger partial charge in [-0.05, 0) is 60.8 Å². The van der Waals surface area contributed by atoms with Crippen LogP contribution in [0.25, 0.3) is 11.1 Å². The summed E-state index contributed by atoms with van der Waals surface area (Å²) in [6, 6.07) is 12.4. The van der Waals surface area contributed by atoms with Crippen LogP contribution in [0, 0.1) is 11.3 Å². The van der Waals surface area contributed by atoms with Crippen LogP contribution in [0.3, 0.4) is 0 Å². The zero-order valence-corrected chi connectivity index (χ0v) is 14.5. The lowest BCUT2D eigenvalue weighted by Crippen LogP contribution is -2.30. The summed E-state index contributed by atoms with van der Waals surface area (Å²) in [7, 11) is 0. The third-order valence-electron chi connectivity index (χ3n) is 5.03. The zero-order valence-electron chi connectivity index (χ0n) is 14.5. The van der Waals surface area contributed by atoms with Crippen LogP contribution in [0.1, 0.15) is 46.5 Å². The quantitative estimate of drug-likeness (QED) is 0.722. The summed E-state index contributed by atoms with van der Waals surface area (Å²) in [6.07, 6.45) is 8.94. The molecule has 1 aliphatic rings. The van der Waals surface area contributed by atoms with Crippen LogP contribution >= 0.6 is 0 Å². The predicted octanol–water partition coefficient (Wildman–Crippen LogP) is 5.73. The Labute approximate surface area is 139 Å². The molecule has 1 heterocycles. The van der Waals surface area contributed by atoms with Gasteiger partial charge in [0, 0.05) is 18.0 Å². The second-order valence-corrected chi connectivity index (χ2v) is 7.73. The van der Waals surface area contributed by atoms with E-state index in [1.165, 1.54) is 31.2 Å². The third kappa shape index (κ3) is 4.13. The molecule has 0 radical (unpaired) electrons. The van der Waals surface area contributed by atoms with Crippen molar-refractivity contribution in [3.63, 3.8) is 0 Å². The smallest absolute Gasteiger partial charge is 0.120 e. The monoisotopic (exact) mass is 309 g/mol. The summed E-state index contributed by atoms with van der Waals surface area (Å²) in [6.45, 7) is 7.07. The molecule has 0 N–H and O–H groups in total. The minimum Gasteiger partial charge on any atom is -0.490 e. The van der Waals surface area contributed by atoms with Crippen molar-refractivity contribution in [2.75, 3.05) is 0 Å².